The lowest BCUT2D eigenvalue weighted by atomic mass is 9.75. The molecular formula is C61H46N2O6. The van der Waals surface area contributed by atoms with Crippen LogP contribution in [-0.4, -0.2) is 36.7 Å². The van der Waals surface area contributed by atoms with Gasteiger partial charge in [-0.2, -0.15) is 0 Å². The van der Waals surface area contributed by atoms with Crippen molar-refractivity contribution in [3.8, 4) is 0 Å². The van der Waals surface area contributed by atoms with Crippen LogP contribution in [0.3, 0.4) is 0 Å². The number of benzene rings is 11. The van der Waals surface area contributed by atoms with E-state index in [-0.39, 0.29) is 17.8 Å². The van der Waals surface area contributed by atoms with Gasteiger partial charge in [0.2, 0.25) is 6.41 Å². The van der Waals surface area contributed by atoms with Crippen molar-refractivity contribution in [2.24, 2.45) is 0 Å². The van der Waals surface area contributed by atoms with Crippen molar-refractivity contribution in [3.63, 3.8) is 0 Å². The van der Waals surface area contributed by atoms with Crippen molar-refractivity contribution < 1.29 is 28.8 Å². The normalized spacial score (nSPS) is 13.3. The molecule has 0 fully saturated rings. The molecule has 0 N–H and O–H groups in total. The van der Waals surface area contributed by atoms with Gasteiger partial charge in [-0.3, -0.25) is 28.8 Å². The zero-order valence-corrected chi connectivity index (χ0v) is 39.5. The smallest absolute Gasteiger partial charge is 0.266 e. The van der Waals surface area contributed by atoms with Gasteiger partial charge in [-0.15, -0.1) is 0 Å². The predicted molar refractivity (Wildman–Crippen MR) is 279 cm³/mol. The van der Waals surface area contributed by atoms with E-state index >= 15 is 14.4 Å². The monoisotopic (exact) mass is 902 g/mol. The maximum atomic E-state index is 15.8. The topological polar surface area (TPSA) is 109 Å². The van der Waals surface area contributed by atoms with E-state index in [1.54, 1.807) is 12.1 Å². The quantitative estimate of drug-likeness (QED) is 0.0618. The number of imide groups is 2. The van der Waals surface area contributed by atoms with E-state index < -0.39 is 17.7 Å². The molecule has 1 aliphatic rings. The minimum absolute atomic E-state index is 0.00184. The Bertz CT molecular complexity index is 4130. The molecule has 4 amide bonds. The summed E-state index contributed by atoms with van der Waals surface area (Å²) in [5, 5.41) is 12.2. The Labute approximate surface area is 397 Å². The van der Waals surface area contributed by atoms with E-state index in [2.05, 4.69) is 47.6 Å². The summed E-state index contributed by atoms with van der Waals surface area (Å²) in [6.45, 7) is 16.2. The fraction of sp³-hybridized carbons (Fsp3) is 0.180. The number of para-hydroxylation sites is 2. The van der Waals surface area contributed by atoms with Crippen LogP contribution < -0.4 is 9.80 Å². The second kappa shape index (κ2) is 14.7. The molecule has 336 valence electrons. The number of aldehydes is 2. The van der Waals surface area contributed by atoms with E-state index in [1.165, 1.54) is 9.80 Å². The Morgan fingerprint density at radius 3 is 1.45 bits per heavy atom. The van der Waals surface area contributed by atoms with Crippen molar-refractivity contribution >= 4 is 134 Å². The summed E-state index contributed by atoms with van der Waals surface area (Å²) in [6, 6.07) is 30.7. The second-order valence-electron chi connectivity index (χ2n) is 20.0. The van der Waals surface area contributed by atoms with E-state index in [0.717, 1.165) is 105 Å². The van der Waals surface area contributed by atoms with Gasteiger partial charge in [0.25, 0.3) is 17.7 Å². The molecule has 8 heteroatoms. The molecule has 11 aromatic rings. The van der Waals surface area contributed by atoms with Crippen molar-refractivity contribution in [2.75, 3.05) is 9.80 Å². The van der Waals surface area contributed by atoms with Gasteiger partial charge in [0, 0.05) is 38.6 Å². The molecule has 12 rings (SSSR count). The third-order valence-corrected chi connectivity index (χ3v) is 15.1. The van der Waals surface area contributed by atoms with E-state index in [1.807, 2.05) is 92.7 Å². The Morgan fingerprint density at radius 2 is 0.942 bits per heavy atom. The van der Waals surface area contributed by atoms with Gasteiger partial charge < -0.3 is 0 Å². The number of hydrogen-bond acceptors (Lipinski definition) is 6. The summed E-state index contributed by atoms with van der Waals surface area (Å²) in [4.78, 5) is 88.3. The molecule has 0 spiro atoms. The lowest BCUT2D eigenvalue weighted by Crippen LogP contribution is -2.41. The van der Waals surface area contributed by atoms with Gasteiger partial charge in [-0.1, -0.05) is 108 Å². The molecule has 0 saturated heterocycles. The molecule has 11 aromatic carbocycles. The SMILES string of the molecule is Cc1cccc(C(C)C)c1N1C(=O)c2cc3c4cc(C=O)ccc4c4cc(C)c5c(C(=O)N(C=O)c6c(C(C)C)cccc6C(C)C)cc6c7cc(C=O)ccc7c7cc(c2c2c3c4c5c6c72)C1=O. The van der Waals surface area contributed by atoms with Crippen LogP contribution in [-0.2, 0) is 4.79 Å². The number of nitrogens with zero attached hydrogens (tertiary/aromatic N) is 2. The number of carbonyl (C=O) groups is 6. The third kappa shape index (κ3) is 5.45. The van der Waals surface area contributed by atoms with Crippen LogP contribution in [0.15, 0.2) is 97.1 Å². The summed E-state index contributed by atoms with van der Waals surface area (Å²) in [6.07, 6.45) is 2.26. The summed E-state index contributed by atoms with van der Waals surface area (Å²) in [5.41, 5.74) is 7.35. The zero-order valence-electron chi connectivity index (χ0n) is 39.5. The molecular weight excluding hydrogens is 857 g/mol. The Morgan fingerprint density at radius 1 is 0.478 bits per heavy atom. The fourth-order valence-corrected chi connectivity index (χ4v) is 12.2. The van der Waals surface area contributed by atoms with Gasteiger partial charge in [0.1, 0.15) is 12.6 Å². The maximum Gasteiger partial charge on any atom is 0.266 e. The minimum Gasteiger partial charge on any atom is -0.298 e. The van der Waals surface area contributed by atoms with Gasteiger partial charge in [0.05, 0.1) is 11.4 Å². The molecule has 0 aromatic heterocycles. The van der Waals surface area contributed by atoms with Crippen molar-refractivity contribution in [2.45, 2.75) is 73.1 Å². The summed E-state index contributed by atoms with van der Waals surface area (Å²) < 4.78 is 0. The average molecular weight is 903 g/mol. The van der Waals surface area contributed by atoms with Gasteiger partial charge in [-0.25, -0.2) is 9.80 Å². The Hall–Kier alpha value is -8.10. The molecule has 0 radical (unpaired) electrons. The predicted octanol–water partition coefficient (Wildman–Crippen LogP) is 14.4. The highest BCUT2D eigenvalue weighted by Gasteiger charge is 2.40. The summed E-state index contributed by atoms with van der Waals surface area (Å²) in [5.74, 6) is -1.35. The third-order valence-electron chi connectivity index (χ3n) is 15.1. The lowest BCUT2D eigenvalue weighted by molar-refractivity contribution is -0.107. The highest BCUT2D eigenvalue weighted by atomic mass is 16.2. The number of hydrogen-bond donors (Lipinski definition) is 0. The lowest BCUT2D eigenvalue weighted by Gasteiger charge is -2.33. The molecule has 0 saturated carbocycles. The number of amides is 4. The molecule has 0 unspecified atom stereocenters. The number of fused-ring (bicyclic) bond motifs is 6. The number of rotatable bonds is 9. The van der Waals surface area contributed by atoms with Gasteiger partial charge in [0.15, 0.2) is 0 Å². The second-order valence-corrected chi connectivity index (χ2v) is 20.0. The molecule has 0 atom stereocenters. The fourth-order valence-electron chi connectivity index (χ4n) is 12.2. The standard InChI is InChI=1S/C61H46N2O6/c1-28(2)35-12-9-11-31(7)57(35)63-60(68)47-22-43-39-18-16-34(26-65)21-41(39)44-23-46(59(67)62(27-66)58-36(29(3)4)13-10-14-37(58)30(5)6)49-32(8)19-42-38-17-15-33(25-64)20-40(38)45-24-48(61(63)69)50(47)56-52(43)53(44)55(49)51(42)54(45)56/h9-30H,1-8H3. The van der Waals surface area contributed by atoms with Crippen LogP contribution in [0, 0.1) is 13.8 Å². The molecule has 1 heterocycles. The van der Waals surface area contributed by atoms with Crippen molar-refractivity contribution in [1.82, 2.24) is 0 Å². The van der Waals surface area contributed by atoms with Crippen LogP contribution in [0.2, 0.25) is 0 Å². The largest absolute Gasteiger partial charge is 0.298 e. The first-order valence-corrected chi connectivity index (χ1v) is 23.6. The van der Waals surface area contributed by atoms with E-state index in [0.29, 0.717) is 67.1 Å². The first-order chi connectivity index (χ1) is 33.2. The molecule has 8 nitrogen and oxygen atoms in total. The molecule has 0 aliphatic carbocycles. The zero-order chi connectivity index (χ0) is 48.2. The first kappa shape index (κ1) is 42.3. The highest BCUT2D eigenvalue weighted by Crippen LogP contribution is 2.56. The van der Waals surface area contributed by atoms with Crippen LogP contribution >= 0.6 is 0 Å². The number of carbonyl (C=O) groups excluding carboxylic acids is 6. The number of anilines is 2. The Kier molecular flexibility index (Phi) is 9.00. The molecule has 0 bridgehead atoms. The van der Waals surface area contributed by atoms with Crippen molar-refractivity contribution in [3.05, 3.63) is 153 Å². The molecule has 69 heavy (non-hydrogen) atoms. The average Bonchev–Trinajstić information content (AvgIpc) is 3.34. The van der Waals surface area contributed by atoms with Crippen LogP contribution in [0.1, 0.15) is 139 Å². The van der Waals surface area contributed by atoms with Crippen molar-refractivity contribution in [1.29, 1.82) is 0 Å². The van der Waals surface area contributed by atoms with Crippen LogP contribution in [0.25, 0.3) is 86.2 Å². The Balaban J connectivity index is 1.32. The molecule has 1 aliphatic heterocycles. The van der Waals surface area contributed by atoms with Crippen LogP contribution in [0.4, 0.5) is 11.4 Å². The first-order valence-electron chi connectivity index (χ1n) is 23.6. The highest BCUT2D eigenvalue weighted by molar-refractivity contribution is 6.54. The summed E-state index contributed by atoms with van der Waals surface area (Å²) >= 11 is 0. The van der Waals surface area contributed by atoms with Gasteiger partial charge in [-0.05, 0) is 165 Å². The van der Waals surface area contributed by atoms with E-state index in [4.69, 9.17) is 0 Å². The minimum atomic E-state index is -0.485. The van der Waals surface area contributed by atoms with Gasteiger partial charge >= 0.3 is 0 Å². The van der Waals surface area contributed by atoms with Crippen LogP contribution in [0.5, 0.6) is 0 Å². The maximum absolute atomic E-state index is 15.8. The number of aryl methyl sites for hydroxylation is 2. The van der Waals surface area contributed by atoms with E-state index in [9.17, 15) is 14.4 Å². The summed E-state index contributed by atoms with van der Waals surface area (Å²) in [7, 11) is 0.